The Morgan fingerprint density at radius 1 is 1.05 bits per heavy atom. The van der Waals surface area contributed by atoms with Crippen LogP contribution in [0.4, 0.5) is 5.95 Å². The van der Waals surface area contributed by atoms with E-state index < -0.39 is 0 Å². The molecule has 0 saturated carbocycles. The molecule has 0 aromatic carbocycles. The number of allylic oxidation sites excluding steroid dienone is 2. The Balaban J connectivity index is 1.71. The number of aromatic nitrogens is 2. The van der Waals surface area contributed by atoms with E-state index in [1.165, 1.54) is 29.8 Å². The molecule has 0 spiro atoms. The summed E-state index contributed by atoms with van der Waals surface area (Å²) in [5, 5.41) is 3.40. The number of fused-ring (bicyclic) bond motifs is 1. The molecule has 1 fully saturated rings. The summed E-state index contributed by atoms with van der Waals surface area (Å²) in [6.07, 6.45) is 10.5. The Morgan fingerprint density at radius 2 is 1.85 bits per heavy atom. The van der Waals surface area contributed by atoms with Crippen LogP contribution in [0, 0.1) is 0 Å². The predicted molar refractivity (Wildman–Crippen MR) is 80.3 cm³/mol. The molecule has 1 aromatic rings. The van der Waals surface area contributed by atoms with Crippen molar-refractivity contribution in [1.82, 2.24) is 15.3 Å². The van der Waals surface area contributed by atoms with Gasteiger partial charge in [-0.3, -0.25) is 0 Å². The molecule has 1 N–H and O–H groups in total. The predicted octanol–water partition coefficient (Wildman–Crippen LogP) is 1.81. The second-order valence-electron chi connectivity index (χ2n) is 6.06. The quantitative estimate of drug-likeness (QED) is 0.832. The van der Waals surface area contributed by atoms with Gasteiger partial charge in [-0.15, -0.1) is 0 Å². The number of nitrogens with one attached hydrogen (secondary N) is 1. The molecule has 20 heavy (non-hydrogen) atoms. The summed E-state index contributed by atoms with van der Waals surface area (Å²) < 4.78 is 0. The maximum atomic E-state index is 5.00. The van der Waals surface area contributed by atoms with E-state index in [1.807, 2.05) is 0 Å². The lowest BCUT2D eigenvalue weighted by Crippen LogP contribution is -2.44. The van der Waals surface area contributed by atoms with Crippen molar-refractivity contribution < 1.29 is 0 Å². The van der Waals surface area contributed by atoms with Gasteiger partial charge in [0, 0.05) is 37.8 Å². The van der Waals surface area contributed by atoms with Crippen LogP contribution >= 0.6 is 0 Å². The second kappa shape index (κ2) is 5.17. The molecule has 0 amide bonds. The van der Waals surface area contributed by atoms with Gasteiger partial charge in [0.2, 0.25) is 5.95 Å². The molecule has 4 rings (SSSR count). The Kier molecular flexibility index (Phi) is 3.19. The fourth-order valence-corrected chi connectivity index (χ4v) is 3.63. The highest BCUT2D eigenvalue weighted by atomic mass is 15.3. The first kappa shape index (κ1) is 12.3. The van der Waals surface area contributed by atoms with Crippen LogP contribution in [-0.4, -0.2) is 36.1 Å². The third-order valence-electron chi connectivity index (χ3n) is 4.75. The maximum absolute atomic E-state index is 5.00. The number of aryl methyl sites for hydroxylation is 1. The van der Waals surface area contributed by atoms with E-state index in [2.05, 4.69) is 22.4 Å². The molecule has 106 valence electrons. The van der Waals surface area contributed by atoms with E-state index >= 15 is 0 Å². The molecule has 1 aliphatic heterocycles. The number of anilines is 1. The van der Waals surface area contributed by atoms with E-state index in [0.717, 1.165) is 51.4 Å². The summed E-state index contributed by atoms with van der Waals surface area (Å²) in [7, 11) is 0. The van der Waals surface area contributed by atoms with Crippen molar-refractivity contribution in [3.05, 3.63) is 29.1 Å². The van der Waals surface area contributed by atoms with E-state index in [9.17, 15) is 0 Å². The number of nitrogens with zero attached hydrogens (tertiary/aromatic N) is 3. The van der Waals surface area contributed by atoms with Crippen molar-refractivity contribution in [3.8, 4) is 0 Å². The highest BCUT2D eigenvalue weighted by Crippen LogP contribution is 2.35. The monoisotopic (exact) mass is 270 g/mol. The molecule has 2 aliphatic carbocycles. The Bertz CT molecular complexity index is 524. The standard InChI is InChI=1S/C16H22N4/c1-2-5-12(4-1)15-13-6-3-7-14(13)18-16(19-15)20-10-8-17-9-11-20/h1-2,12,17H,3-11H2. The SMILES string of the molecule is C1=CCC(c2nc(N3CCNCC3)nc3c2CCC3)C1. The van der Waals surface area contributed by atoms with Crippen molar-refractivity contribution in [3.63, 3.8) is 0 Å². The van der Waals surface area contributed by atoms with Crippen molar-refractivity contribution in [2.45, 2.75) is 38.0 Å². The fourth-order valence-electron chi connectivity index (χ4n) is 3.63. The normalized spacial score (nSPS) is 22.5. The van der Waals surface area contributed by atoms with Gasteiger partial charge < -0.3 is 10.2 Å². The summed E-state index contributed by atoms with van der Waals surface area (Å²) >= 11 is 0. The van der Waals surface area contributed by atoms with E-state index in [4.69, 9.17) is 9.97 Å². The van der Waals surface area contributed by atoms with Gasteiger partial charge in [-0.05, 0) is 37.7 Å². The first-order chi connectivity index (χ1) is 9.92. The van der Waals surface area contributed by atoms with Gasteiger partial charge >= 0.3 is 0 Å². The van der Waals surface area contributed by atoms with Crippen LogP contribution in [0.25, 0.3) is 0 Å². The largest absolute Gasteiger partial charge is 0.338 e. The minimum atomic E-state index is 0.603. The van der Waals surface area contributed by atoms with Crippen LogP contribution in [0.1, 0.15) is 42.1 Å². The molecule has 1 saturated heterocycles. The number of rotatable bonds is 2. The highest BCUT2D eigenvalue weighted by molar-refractivity contribution is 5.42. The number of hydrogen-bond donors (Lipinski definition) is 1. The fraction of sp³-hybridized carbons (Fsp3) is 0.625. The van der Waals surface area contributed by atoms with Crippen molar-refractivity contribution >= 4 is 5.95 Å². The van der Waals surface area contributed by atoms with Gasteiger partial charge in [0.15, 0.2) is 0 Å². The van der Waals surface area contributed by atoms with Crippen molar-refractivity contribution in [2.24, 2.45) is 0 Å². The highest BCUT2D eigenvalue weighted by Gasteiger charge is 2.26. The van der Waals surface area contributed by atoms with Gasteiger partial charge in [-0.1, -0.05) is 12.2 Å². The van der Waals surface area contributed by atoms with Crippen LogP contribution in [0.2, 0.25) is 0 Å². The van der Waals surface area contributed by atoms with Gasteiger partial charge in [0.1, 0.15) is 0 Å². The zero-order valence-corrected chi connectivity index (χ0v) is 11.9. The minimum Gasteiger partial charge on any atom is -0.338 e. The molecule has 3 aliphatic rings. The number of hydrogen-bond acceptors (Lipinski definition) is 4. The van der Waals surface area contributed by atoms with Crippen LogP contribution in [-0.2, 0) is 12.8 Å². The van der Waals surface area contributed by atoms with E-state index in [0.29, 0.717) is 5.92 Å². The van der Waals surface area contributed by atoms with Crippen LogP contribution in [0.5, 0.6) is 0 Å². The summed E-state index contributed by atoms with van der Waals surface area (Å²) in [5.74, 6) is 1.58. The maximum Gasteiger partial charge on any atom is 0.225 e. The average Bonchev–Trinajstić information content (AvgIpc) is 3.18. The smallest absolute Gasteiger partial charge is 0.225 e. The van der Waals surface area contributed by atoms with Gasteiger partial charge in [0.05, 0.1) is 5.69 Å². The average molecular weight is 270 g/mol. The summed E-state index contributed by atoms with van der Waals surface area (Å²) in [4.78, 5) is 12.2. The summed E-state index contributed by atoms with van der Waals surface area (Å²) in [6, 6.07) is 0. The minimum absolute atomic E-state index is 0.603. The number of piperazine rings is 1. The lowest BCUT2D eigenvalue weighted by Gasteiger charge is -2.28. The molecule has 4 heteroatoms. The van der Waals surface area contributed by atoms with Gasteiger partial charge in [0.25, 0.3) is 0 Å². The molecule has 0 bridgehead atoms. The zero-order valence-electron chi connectivity index (χ0n) is 11.9. The van der Waals surface area contributed by atoms with Crippen molar-refractivity contribution in [1.29, 1.82) is 0 Å². The van der Waals surface area contributed by atoms with E-state index in [1.54, 1.807) is 0 Å². The molecule has 0 atom stereocenters. The van der Waals surface area contributed by atoms with E-state index in [-0.39, 0.29) is 0 Å². The van der Waals surface area contributed by atoms with Crippen LogP contribution in [0.15, 0.2) is 12.2 Å². The molecule has 0 radical (unpaired) electrons. The van der Waals surface area contributed by atoms with Crippen LogP contribution in [0.3, 0.4) is 0 Å². The summed E-state index contributed by atoms with van der Waals surface area (Å²) in [6.45, 7) is 4.14. The third kappa shape index (κ3) is 2.12. The lowest BCUT2D eigenvalue weighted by atomic mass is 9.97. The molecular formula is C16H22N4. The van der Waals surface area contributed by atoms with Crippen molar-refractivity contribution in [2.75, 3.05) is 31.1 Å². The Hall–Kier alpha value is -1.42. The zero-order chi connectivity index (χ0) is 13.4. The first-order valence-electron chi connectivity index (χ1n) is 7.92. The molecule has 2 heterocycles. The molecule has 0 unspecified atom stereocenters. The van der Waals surface area contributed by atoms with Gasteiger partial charge in [-0.25, -0.2) is 9.97 Å². The molecule has 4 nitrogen and oxygen atoms in total. The first-order valence-corrected chi connectivity index (χ1v) is 7.92. The molecular weight excluding hydrogens is 248 g/mol. The second-order valence-corrected chi connectivity index (χ2v) is 6.06. The topological polar surface area (TPSA) is 41.1 Å². The lowest BCUT2D eigenvalue weighted by molar-refractivity contribution is 0.575. The van der Waals surface area contributed by atoms with Crippen LogP contribution < -0.4 is 10.2 Å². The third-order valence-corrected chi connectivity index (χ3v) is 4.75. The molecule has 1 aromatic heterocycles. The summed E-state index contributed by atoms with van der Waals surface area (Å²) in [5.41, 5.74) is 4.15. The Morgan fingerprint density at radius 3 is 2.65 bits per heavy atom. The Labute approximate surface area is 120 Å². The van der Waals surface area contributed by atoms with Gasteiger partial charge in [-0.2, -0.15) is 0 Å².